The van der Waals surface area contributed by atoms with Crippen LogP contribution < -0.4 is 4.90 Å². The van der Waals surface area contributed by atoms with Gasteiger partial charge in [0, 0.05) is 44.9 Å². The quantitative estimate of drug-likeness (QED) is 0.832. The SMILES string of the molecule is CN(C)c1cc2c(nn1)CCN(C(=O)c1cc3c(s1)CCOC3)C2. The molecule has 0 aromatic carbocycles. The third-order valence-corrected chi connectivity index (χ3v) is 5.74. The molecule has 6 nitrogen and oxygen atoms in total. The Balaban J connectivity index is 1.56. The Hall–Kier alpha value is -1.99. The van der Waals surface area contributed by atoms with E-state index in [1.807, 2.05) is 36.0 Å². The van der Waals surface area contributed by atoms with Crippen molar-refractivity contribution in [2.75, 3.05) is 32.1 Å². The highest BCUT2D eigenvalue weighted by Gasteiger charge is 2.26. The minimum absolute atomic E-state index is 0.114. The highest BCUT2D eigenvalue weighted by Crippen LogP contribution is 2.29. The molecule has 2 aliphatic heterocycles. The Bertz CT molecular complexity index is 763. The summed E-state index contributed by atoms with van der Waals surface area (Å²) in [6.45, 7) is 2.68. The van der Waals surface area contributed by atoms with Crippen molar-refractivity contribution in [2.24, 2.45) is 0 Å². The second-order valence-electron chi connectivity index (χ2n) is 6.41. The summed E-state index contributed by atoms with van der Waals surface area (Å²) in [6, 6.07) is 4.04. The summed E-state index contributed by atoms with van der Waals surface area (Å²) in [5, 5.41) is 8.54. The second-order valence-corrected chi connectivity index (χ2v) is 7.54. The van der Waals surface area contributed by atoms with Crippen LogP contribution >= 0.6 is 11.3 Å². The van der Waals surface area contributed by atoms with Gasteiger partial charge in [-0.2, -0.15) is 5.10 Å². The maximum atomic E-state index is 12.9. The summed E-state index contributed by atoms with van der Waals surface area (Å²) in [5.74, 6) is 0.940. The van der Waals surface area contributed by atoms with E-state index in [0.29, 0.717) is 19.7 Å². The average molecular weight is 344 g/mol. The summed E-state index contributed by atoms with van der Waals surface area (Å²) in [4.78, 5) is 18.9. The first-order valence-corrected chi connectivity index (χ1v) is 8.95. The molecular formula is C17H20N4O2S. The number of anilines is 1. The van der Waals surface area contributed by atoms with E-state index in [2.05, 4.69) is 10.2 Å². The minimum atomic E-state index is 0.114. The molecule has 0 saturated heterocycles. The van der Waals surface area contributed by atoms with Crippen LogP contribution in [0.4, 0.5) is 5.82 Å². The Morgan fingerprint density at radius 3 is 2.92 bits per heavy atom. The number of thiophene rings is 1. The molecule has 0 atom stereocenters. The van der Waals surface area contributed by atoms with Gasteiger partial charge in [-0.15, -0.1) is 16.4 Å². The first-order chi connectivity index (χ1) is 11.6. The molecule has 0 fully saturated rings. The molecule has 0 bridgehead atoms. The molecular weight excluding hydrogens is 324 g/mol. The number of carbonyl (C=O) groups excluding carboxylic acids is 1. The predicted molar refractivity (Wildman–Crippen MR) is 92.5 cm³/mol. The number of rotatable bonds is 2. The van der Waals surface area contributed by atoms with Crippen LogP contribution in [0.25, 0.3) is 0 Å². The van der Waals surface area contributed by atoms with Crippen LogP contribution in [-0.2, 0) is 30.7 Å². The van der Waals surface area contributed by atoms with Gasteiger partial charge in [-0.1, -0.05) is 0 Å². The van der Waals surface area contributed by atoms with Crippen molar-refractivity contribution < 1.29 is 9.53 Å². The summed E-state index contributed by atoms with van der Waals surface area (Å²) in [7, 11) is 3.89. The number of ether oxygens (including phenoxy) is 1. The number of nitrogens with zero attached hydrogens (tertiary/aromatic N) is 4. The molecule has 0 spiro atoms. The molecule has 0 N–H and O–H groups in total. The zero-order chi connectivity index (χ0) is 16.7. The van der Waals surface area contributed by atoms with Crippen LogP contribution in [0.2, 0.25) is 0 Å². The fraction of sp³-hybridized carbons (Fsp3) is 0.471. The van der Waals surface area contributed by atoms with Crippen molar-refractivity contribution in [3.8, 4) is 0 Å². The van der Waals surface area contributed by atoms with Crippen LogP contribution in [0.3, 0.4) is 0 Å². The maximum absolute atomic E-state index is 12.9. The standard InChI is InChI=1S/C17H20N4O2S/c1-20(2)16-8-11-9-21(5-3-13(11)18-19-16)17(22)15-7-12-10-23-6-4-14(12)24-15/h7-8H,3-6,9-10H2,1-2H3. The van der Waals surface area contributed by atoms with Crippen LogP contribution in [0.15, 0.2) is 12.1 Å². The minimum Gasteiger partial charge on any atom is -0.376 e. The molecule has 2 aliphatic rings. The number of hydrogen-bond acceptors (Lipinski definition) is 6. The Morgan fingerprint density at radius 1 is 1.25 bits per heavy atom. The van der Waals surface area contributed by atoms with Crippen molar-refractivity contribution in [2.45, 2.75) is 26.0 Å². The largest absolute Gasteiger partial charge is 0.376 e. The molecule has 0 aliphatic carbocycles. The fourth-order valence-electron chi connectivity index (χ4n) is 3.12. The number of carbonyl (C=O) groups is 1. The van der Waals surface area contributed by atoms with E-state index in [9.17, 15) is 4.79 Å². The van der Waals surface area contributed by atoms with Gasteiger partial charge < -0.3 is 14.5 Å². The van der Waals surface area contributed by atoms with E-state index < -0.39 is 0 Å². The number of hydrogen-bond donors (Lipinski definition) is 0. The normalized spacial score (nSPS) is 16.5. The lowest BCUT2D eigenvalue weighted by Gasteiger charge is -2.28. The second kappa shape index (κ2) is 6.14. The first kappa shape index (κ1) is 15.5. The Kier molecular flexibility index (Phi) is 3.97. The van der Waals surface area contributed by atoms with E-state index in [4.69, 9.17) is 4.74 Å². The van der Waals surface area contributed by atoms with Gasteiger partial charge in [0.05, 0.1) is 23.8 Å². The third-order valence-electron chi connectivity index (χ3n) is 4.51. The lowest BCUT2D eigenvalue weighted by Crippen LogP contribution is -2.36. The average Bonchev–Trinajstić information content (AvgIpc) is 3.04. The van der Waals surface area contributed by atoms with Gasteiger partial charge in [0.2, 0.25) is 0 Å². The summed E-state index contributed by atoms with van der Waals surface area (Å²) >= 11 is 1.62. The first-order valence-electron chi connectivity index (χ1n) is 8.13. The Morgan fingerprint density at radius 2 is 2.12 bits per heavy atom. The van der Waals surface area contributed by atoms with Gasteiger partial charge in [0.15, 0.2) is 5.82 Å². The molecule has 126 valence electrons. The molecule has 2 aromatic rings. The van der Waals surface area contributed by atoms with E-state index >= 15 is 0 Å². The van der Waals surface area contributed by atoms with Crippen molar-refractivity contribution in [3.63, 3.8) is 0 Å². The van der Waals surface area contributed by atoms with Gasteiger partial charge in [0.25, 0.3) is 5.91 Å². The molecule has 2 aromatic heterocycles. The fourth-order valence-corrected chi connectivity index (χ4v) is 4.23. The number of fused-ring (bicyclic) bond motifs is 2. The smallest absolute Gasteiger partial charge is 0.264 e. The van der Waals surface area contributed by atoms with E-state index in [1.54, 1.807) is 11.3 Å². The molecule has 0 unspecified atom stereocenters. The molecule has 0 radical (unpaired) electrons. The molecule has 24 heavy (non-hydrogen) atoms. The van der Waals surface area contributed by atoms with Gasteiger partial charge in [0.1, 0.15) is 0 Å². The van der Waals surface area contributed by atoms with Crippen molar-refractivity contribution in [3.05, 3.63) is 38.7 Å². The molecule has 1 amide bonds. The molecule has 0 saturated carbocycles. The van der Waals surface area contributed by atoms with E-state index in [0.717, 1.165) is 41.4 Å². The van der Waals surface area contributed by atoms with Gasteiger partial charge in [-0.25, -0.2) is 0 Å². The lowest BCUT2D eigenvalue weighted by atomic mass is 10.1. The predicted octanol–water partition coefficient (Wildman–Crippen LogP) is 1.88. The van der Waals surface area contributed by atoms with Crippen LogP contribution in [0.5, 0.6) is 0 Å². The highest BCUT2D eigenvalue weighted by molar-refractivity contribution is 7.14. The number of amides is 1. The van der Waals surface area contributed by atoms with E-state index in [1.165, 1.54) is 10.4 Å². The van der Waals surface area contributed by atoms with E-state index in [-0.39, 0.29) is 5.91 Å². The van der Waals surface area contributed by atoms with Gasteiger partial charge in [-0.3, -0.25) is 4.79 Å². The Labute approximate surface area is 145 Å². The highest BCUT2D eigenvalue weighted by atomic mass is 32.1. The lowest BCUT2D eigenvalue weighted by molar-refractivity contribution is 0.0738. The topological polar surface area (TPSA) is 58.6 Å². The molecule has 4 rings (SSSR count). The van der Waals surface area contributed by atoms with Gasteiger partial charge in [-0.05, 0) is 23.3 Å². The van der Waals surface area contributed by atoms with Crippen LogP contribution in [-0.4, -0.2) is 48.3 Å². The van der Waals surface area contributed by atoms with Crippen molar-refractivity contribution in [1.82, 2.24) is 15.1 Å². The number of aromatic nitrogens is 2. The summed E-state index contributed by atoms with van der Waals surface area (Å²) < 4.78 is 5.48. The monoisotopic (exact) mass is 344 g/mol. The maximum Gasteiger partial charge on any atom is 0.264 e. The third kappa shape index (κ3) is 2.78. The summed E-state index contributed by atoms with van der Waals surface area (Å²) in [6.07, 6.45) is 1.67. The molecule has 7 heteroatoms. The zero-order valence-electron chi connectivity index (χ0n) is 13.9. The zero-order valence-corrected chi connectivity index (χ0v) is 14.7. The molecule has 4 heterocycles. The van der Waals surface area contributed by atoms with Crippen LogP contribution in [0.1, 0.15) is 31.4 Å². The van der Waals surface area contributed by atoms with Gasteiger partial charge >= 0.3 is 0 Å². The summed E-state index contributed by atoms with van der Waals surface area (Å²) in [5.41, 5.74) is 3.27. The van der Waals surface area contributed by atoms with Crippen molar-refractivity contribution in [1.29, 1.82) is 0 Å². The van der Waals surface area contributed by atoms with Crippen molar-refractivity contribution >= 4 is 23.1 Å². The van der Waals surface area contributed by atoms with Crippen LogP contribution in [0, 0.1) is 0 Å².